The summed E-state index contributed by atoms with van der Waals surface area (Å²) in [5.41, 5.74) is 4.57. The number of esters is 1. The molecule has 1 spiro atoms. The number of nitrogens with one attached hydrogen (secondary N) is 1. The van der Waals surface area contributed by atoms with Gasteiger partial charge in [0.2, 0.25) is 5.91 Å². The molecule has 3 saturated heterocycles. The van der Waals surface area contributed by atoms with Crippen LogP contribution < -0.4 is 5.32 Å². The fraction of sp³-hybridized carbons (Fsp3) is 0.256. The van der Waals surface area contributed by atoms with Gasteiger partial charge in [-0.25, -0.2) is 4.79 Å². The molecule has 3 aliphatic rings. The molecule has 8 rings (SSSR count). The molecule has 5 aromatic carbocycles. The summed E-state index contributed by atoms with van der Waals surface area (Å²) in [6, 6.07) is 50.3. The van der Waals surface area contributed by atoms with Gasteiger partial charge in [-0.3, -0.25) is 15.0 Å². The third-order valence-electron chi connectivity index (χ3n) is 10.6. The number of likely N-dealkylation sites (tertiary alicyclic amines) is 1. The lowest BCUT2D eigenvalue weighted by molar-refractivity contribution is -0.166. The average Bonchev–Trinajstić information content (AvgIpc) is 3.47. The summed E-state index contributed by atoms with van der Waals surface area (Å²) in [6.07, 6.45) is 1.59. The maximum absolute atomic E-state index is 14.6. The normalized spacial score (nSPS) is 21.4. The third-order valence-corrected chi connectivity index (χ3v) is 12.4. The SMILES string of the molecule is O=C(OCc1ccccc1)C1N2C(=O)C(NC(c3ccccc3)(c3ccccc3)c3ccccc3)[C@H]2SC12CCN(Cc1ccccc1)CC2. The monoisotopic (exact) mass is 679 g/mol. The Morgan fingerprint density at radius 1 is 0.700 bits per heavy atom. The van der Waals surface area contributed by atoms with Gasteiger partial charge < -0.3 is 9.64 Å². The molecule has 3 aliphatic heterocycles. The maximum atomic E-state index is 14.6. The molecule has 0 bridgehead atoms. The van der Waals surface area contributed by atoms with Gasteiger partial charge in [0.1, 0.15) is 24.1 Å². The summed E-state index contributed by atoms with van der Waals surface area (Å²) in [5.74, 6) is -0.368. The van der Waals surface area contributed by atoms with Gasteiger partial charge in [-0.05, 0) is 53.7 Å². The number of hydrogen-bond acceptors (Lipinski definition) is 6. The Morgan fingerprint density at radius 3 is 1.66 bits per heavy atom. The van der Waals surface area contributed by atoms with Crippen molar-refractivity contribution < 1.29 is 14.3 Å². The lowest BCUT2D eigenvalue weighted by Crippen LogP contribution is -2.73. The number of ether oxygens (including phenoxy) is 1. The van der Waals surface area contributed by atoms with Gasteiger partial charge in [0, 0.05) is 6.54 Å². The fourth-order valence-corrected chi connectivity index (χ4v) is 9.98. The third kappa shape index (κ3) is 5.93. The van der Waals surface area contributed by atoms with Crippen LogP contribution in [0.5, 0.6) is 0 Å². The van der Waals surface area contributed by atoms with E-state index in [4.69, 9.17) is 4.74 Å². The molecule has 2 unspecified atom stereocenters. The highest BCUT2D eigenvalue weighted by Crippen LogP contribution is 2.57. The first-order chi connectivity index (χ1) is 24.6. The van der Waals surface area contributed by atoms with Crippen molar-refractivity contribution in [3.05, 3.63) is 179 Å². The number of piperidine rings is 1. The topological polar surface area (TPSA) is 61.9 Å². The molecule has 6 nitrogen and oxygen atoms in total. The first kappa shape index (κ1) is 32.5. The Labute approximate surface area is 298 Å². The molecule has 0 aromatic heterocycles. The largest absolute Gasteiger partial charge is 0.459 e. The van der Waals surface area contributed by atoms with E-state index in [2.05, 4.69) is 70.9 Å². The minimum absolute atomic E-state index is 0.0556. The van der Waals surface area contributed by atoms with Crippen LogP contribution in [-0.4, -0.2) is 57.0 Å². The second-order valence-corrected chi connectivity index (χ2v) is 15.1. The van der Waals surface area contributed by atoms with Crippen molar-refractivity contribution in [2.45, 2.75) is 53.7 Å². The van der Waals surface area contributed by atoms with Crippen molar-refractivity contribution in [2.75, 3.05) is 13.1 Å². The highest BCUT2D eigenvalue weighted by Gasteiger charge is 2.68. The van der Waals surface area contributed by atoms with Crippen LogP contribution in [0.25, 0.3) is 0 Å². The van der Waals surface area contributed by atoms with E-state index < -0.39 is 22.4 Å². The van der Waals surface area contributed by atoms with Gasteiger partial charge in [0.15, 0.2) is 0 Å². The lowest BCUT2D eigenvalue weighted by Gasteiger charge is -2.49. The zero-order valence-corrected chi connectivity index (χ0v) is 28.8. The van der Waals surface area contributed by atoms with Gasteiger partial charge in [-0.2, -0.15) is 0 Å². The summed E-state index contributed by atoms with van der Waals surface area (Å²) in [6.45, 7) is 2.75. The van der Waals surface area contributed by atoms with E-state index in [0.717, 1.165) is 54.7 Å². The lowest BCUT2D eigenvalue weighted by atomic mass is 9.75. The second-order valence-electron chi connectivity index (χ2n) is 13.5. The average molecular weight is 680 g/mol. The van der Waals surface area contributed by atoms with Crippen molar-refractivity contribution >= 4 is 23.6 Å². The molecule has 3 atom stereocenters. The second kappa shape index (κ2) is 13.9. The zero-order valence-electron chi connectivity index (χ0n) is 27.9. The van der Waals surface area contributed by atoms with Crippen LogP contribution in [0.2, 0.25) is 0 Å². The van der Waals surface area contributed by atoms with E-state index in [1.54, 1.807) is 11.8 Å². The van der Waals surface area contributed by atoms with Crippen molar-refractivity contribution in [3.63, 3.8) is 0 Å². The van der Waals surface area contributed by atoms with Crippen molar-refractivity contribution in [3.8, 4) is 0 Å². The number of rotatable bonds is 10. The van der Waals surface area contributed by atoms with Crippen LogP contribution in [0.15, 0.2) is 152 Å². The number of β-lactam (4-membered cyclic amide) rings is 1. The molecule has 3 heterocycles. The van der Waals surface area contributed by atoms with Gasteiger partial charge in [0.05, 0.1) is 10.3 Å². The molecule has 0 aliphatic carbocycles. The molecule has 1 N–H and O–H groups in total. The molecule has 1 amide bonds. The highest BCUT2D eigenvalue weighted by atomic mass is 32.2. The Hall–Kier alpha value is -4.69. The van der Waals surface area contributed by atoms with Gasteiger partial charge in [-0.15, -0.1) is 11.8 Å². The number of carbonyl (C=O) groups is 2. The molecule has 50 heavy (non-hydrogen) atoms. The number of amides is 1. The van der Waals surface area contributed by atoms with Gasteiger partial charge >= 0.3 is 5.97 Å². The number of nitrogens with zero attached hydrogens (tertiary/aromatic N) is 2. The quantitative estimate of drug-likeness (QED) is 0.0975. The van der Waals surface area contributed by atoms with Crippen molar-refractivity contribution in [1.29, 1.82) is 0 Å². The Balaban J connectivity index is 1.12. The van der Waals surface area contributed by atoms with Crippen LogP contribution in [0.3, 0.4) is 0 Å². The van der Waals surface area contributed by atoms with E-state index in [1.807, 2.05) is 95.9 Å². The summed E-state index contributed by atoms with van der Waals surface area (Å²) in [7, 11) is 0. The summed E-state index contributed by atoms with van der Waals surface area (Å²) < 4.78 is 5.59. The molecular weight excluding hydrogens is 639 g/mol. The van der Waals surface area contributed by atoms with E-state index in [1.165, 1.54) is 5.56 Å². The fourth-order valence-electron chi connectivity index (χ4n) is 8.08. The smallest absolute Gasteiger partial charge is 0.330 e. The van der Waals surface area contributed by atoms with Crippen molar-refractivity contribution in [1.82, 2.24) is 15.1 Å². The number of benzene rings is 5. The first-order valence-electron chi connectivity index (χ1n) is 17.5. The Bertz CT molecular complexity index is 1810. The standard InChI is InChI=1S/C43H41N3O3S/c47-39-37(44-43(34-20-10-3-11-21-34,35-22-12-4-13-23-35)36-24-14-5-15-25-36)40-46(39)38(41(48)49-31-33-18-8-2-9-19-33)42(50-40)26-28-45(29-27-42)30-32-16-6-1-7-17-32/h1-25,37-38,40,44H,26-31H2/t37?,38?,40-/m1/s1. The predicted octanol–water partition coefficient (Wildman–Crippen LogP) is 7.00. The Morgan fingerprint density at radius 2 is 1.16 bits per heavy atom. The molecule has 5 aromatic rings. The molecule has 0 saturated carbocycles. The molecule has 0 radical (unpaired) electrons. The van der Waals surface area contributed by atoms with Crippen LogP contribution in [0, 0.1) is 0 Å². The van der Waals surface area contributed by atoms with Crippen LogP contribution in [0.4, 0.5) is 0 Å². The number of hydrogen-bond donors (Lipinski definition) is 1. The first-order valence-corrected chi connectivity index (χ1v) is 18.4. The maximum Gasteiger partial charge on any atom is 0.330 e. The number of carbonyl (C=O) groups excluding carboxylic acids is 2. The minimum atomic E-state index is -0.797. The van der Waals surface area contributed by atoms with Crippen LogP contribution >= 0.6 is 11.8 Å². The van der Waals surface area contributed by atoms with Crippen LogP contribution in [0.1, 0.15) is 40.7 Å². The zero-order chi connectivity index (χ0) is 34.0. The number of thioether (sulfide) groups is 1. The van der Waals surface area contributed by atoms with Gasteiger partial charge in [0.25, 0.3) is 0 Å². The molecular formula is C43H41N3O3S. The summed E-state index contributed by atoms with van der Waals surface area (Å²) in [4.78, 5) is 33.1. The van der Waals surface area contributed by atoms with E-state index in [9.17, 15) is 9.59 Å². The number of fused-ring (bicyclic) bond motifs is 1. The molecule has 252 valence electrons. The predicted molar refractivity (Wildman–Crippen MR) is 198 cm³/mol. The van der Waals surface area contributed by atoms with E-state index >= 15 is 0 Å². The van der Waals surface area contributed by atoms with Gasteiger partial charge in [-0.1, -0.05) is 152 Å². The Kier molecular flexibility index (Phi) is 9.04. The highest BCUT2D eigenvalue weighted by molar-refractivity contribution is 8.01. The van der Waals surface area contributed by atoms with E-state index in [-0.39, 0.29) is 23.9 Å². The van der Waals surface area contributed by atoms with Crippen LogP contribution in [-0.2, 0) is 33.0 Å². The summed E-state index contributed by atoms with van der Waals surface area (Å²) in [5, 5.41) is 3.73. The van der Waals surface area contributed by atoms with E-state index in [0.29, 0.717) is 0 Å². The minimum Gasteiger partial charge on any atom is -0.459 e. The molecule has 3 fully saturated rings. The molecule has 7 heteroatoms. The van der Waals surface area contributed by atoms with Crippen molar-refractivity contribution in [2.24, 2.45) is 0 Å². The summed E-state index contributed by atoms with van der Waals surface area (Å²) >= 11 is 1.80.